The third-order valence-corrected chi connectivity index (χ3v) is 12.2. The summed E-state index contributed by atoms with van der Waals surface area (Å²) >= 11 is 0. The number of para-hydroxylation sites is 1. The first-order valence-corrected chi connectivity index (χ1v) is 20.8. The van der Waals surface area contributed by atoms with Crippen molar-refractivity contribution >= 4 is 50.1 Å². The van der Waals surface area contributed by atoms with Crippen molar-refractivity contribution < 1.29 is 0 Å². The van der Waals surface area contributed by atoms with Gasteiger partial charge in [0.25, 0.3) is 0 Å². The summed E-state index contributed by atoms with van der Waals surface area (Å²) in [6.07, 6.45) is 10.9. The van der Waals surface area contributed by atoms with Gasteiger partial charge in [-0.2, -0.15) is 0 Å². The van der Waals surface area contributed by atoms with Crippen molar-refractivity contribution in [1.29, 1.82) is 0 Å². The lowest BCUT2D eigenvalue weighted by Gasteiger charge is -2.29. The standard InChI is InChI=1S/C57H50N2/c1-7-15-46(9-3)59-55-20-14-13-19-51(55)52-37-45(29-36-56(52)59)44-23-21-41(22-24-44)43-27-32-48(33-28-43)58(47-30-25-42(26-31-47)40-17-11-10-12-18-40)49-34-35-50-39(4)53(16-8-2)57(5,6)54(50)38-49/h7-38H,1-6H3/b15-7-,16-8-,46-9+. The Morgan fingerprint density at radius 2 is 1.03 bits per heavy atom. The Hall–Kier alpha value is -6.90. The summed E-state index contributed by atoms with van der Waals surface area (Å²) in [4.78, 5) is 2.39. The lowest BCUT2D eigenvalue weighted by molar-refractivity contribution is 0.654. The normalized spacial score (nSPS) is 14.0. The molecule has 0 N–H and O–H groups in total. The van der Waals surface area contributed by atoms with Crippen molar-refractivity contribution in [1.82, 2.24) is 4.57 Å². The van der Waals surface area contributed by atoms with Crippen LogP contribution < -0.4 is 4.90 Å². The van der Waals surface area contributed by atoms with E-state index in [-0.39, 0.29) is 5.41 Å². The van der Waals surface area contributed by atoms with Gasteiger partial charge in [0, 0.05) is 38.9 Å². The van der Waals surface area contributed by atoms with Crippen LogP contribution in [0.3, 0.4) is 0 Å². The van der Waals surface area contributed by atoms with E-state index in [4.69, 9.17) is 0 Å². The lowest BCUT2D eigenvalue weighted by atomic mass is 9.81. The van der Waals surface area contributed by atoms with Crippen LogP contribution in [0, 0.1) is 0 Å². The minimum Gasteiger partial charge on any atom is -0.310 e. The molecule has 7 aromatic carbocycles. The molecule has 0 aliphatic heterocycles. The molecule has 0 saturated carbocycles. The third kappa shape index (κ3) is 6.65. The molecule has 1 heterocycles. The van der Waals surface area contributed by atoms with E-state index in [1.165, 1.54) is 83.2 Å². The number of fused-ring (bicyclic) bond motifs is 4. The largest absolute Gasteiger partial charge is 0.310 e. The SMILES string of the molecule is C/C=C\C1=C(C)c2ccc(N(c3ccc(-c4ccccc4)cc3)c3ccc(-c4ccc(-c5ccc6c(c5)c5ccccc5n6C(/C=C\C)=C/C)cc4)cc3)cc2C1(C)C. The van der Waals surface area contributed by atoms with Crippen LogP contribution in [0.1, 0.15) is 52.7 Å². The Bertz CT molecular complexity index is 2950. The first-order chi connectivity index (χ1) is 28.8. The van der Waals surface area contributed by atoms with Crippen LogP contribution in [0.4, 0.5) is 17.1 Å². The molecule has 1 aromatic heterocycles. The summed E-state index contributed by atoms with van der Waals surface area (Å²) in [5.41, 5.74) is 19.6. The van der Waals surface area contributed by atoms with E-state index < -0.39 is 0 Å². The molecule has 0 spiro atoms. The fraction of sp³-hybridized carbons (Fsp3) is 0.123. The summed E-state index contributed by atoms with van der Waals surface area (Å²) in [5, 5.41) is 2.53. The number of nitrogens with zero attached hydrogens (tertiary/aromatic N) is 2. The van der Waals surface area contributed by atoms with Gasteiger partial charge in [-0.25, -0.2) is 0 Å². The molecule has 0 saturated heterocycles. The molecule has 288 valence electrons. The Balaban J connectivity index is 1.05. The summed E-state index contributed by atoms with van der Waals surface area (Å²) in [6.45, 7) is 13.2. The van der Waals surface area contributed by atoms with Crippen LogP contribution in [0.2, 0.25) is 0 Å². The zero-order chi connectivity index (χ0) is 40.7. The highest BCUT2D eigenvalue weighted by atomic mass is 15.1. The van der Waals surface area contributed by atoms with Gasteiger partial charge in [-0.3, -0.25) is 0 Å². The summed E-state index contributed by atoms with van der Waals surface area (Å²) in [5.74, 6) is 0. The first-order valence-electron chi connectivity index (χ1n) is 20.8. The maximum Gasteiger partial charge on any atom is 0.0541 e. The van der Waals surface area contributed by atoms with Crippen LogP contribution in [-0.4, -0.2) is 4.57 Å². The molecule has 8 aromatic rings. The van der Waals surface area contributed by atoms with E-state index in [0.29, 0.717) is 0 Å². The van der Waals surface area contributed by atoms with E-state index in [0.717, 1.165) is 17.1 Å². The number of benzene rings is 7. The molecule has 0 unspecified atom stereocenters. The topological polar surface area (TPSA) is 8.17 Å². The van der Waals surface area contributed by atoms with Gasteiger partial charge in [0.2, 0.25) is 0 Å². The second-order valence-corrected chi connectivity index (χ2v) is 16.1. The van der Waals surface area contributed by atoms with Crippen LogP contribution >= 0.6 is 0 Å². The maximum absolute atomic E-state index is 2.41. The van der Waals surface area contributed by atoms with Gasteiger partial charge in [0.15, 0.2) is 0 Å². The van der Waals surface area contributed by atoms with Crippen molar-refractivity contribution in [3.05, 3.63) is 211 Å². The van der Waals surface area contributed by atoms with Gasteiger partial charge < -0.3 is 9.47 Å². The van der Waals surface area contributed by atoms with Crippen molar-refractivity contribution in [2.45, 2.75) is 47.0 Å². The van der Waals surface area contributed by atoms with Gasteiger partial charge >= 0.3 is 0 Å². The third-order valence-electron chi connectivity index (χ3n) is 12.2. The Labute approximate surface area is 349 Å². The number of allylic oxidation sites excluding steroid dienone is 8. The molecule has 1 aliphatic rings. The van der Waals surface area contributed by atoms with Crippen molar-refractivity contribution in [3.63, 3.8) is 0 Å². The van der Waals surface area contributed by atoms with E-state index in [1.54, 1.807) is 0 Å². The van der Waals surface area contributed by atoms with E-state index in [1.807, 2.05) is 0 Å². The number of hydrogen-bond acceptors (Lipinski definition) is 1. The zero-order valence-electron chi connectivity index (χ0n) is 34.9. The van der Waals surface area contributed by atoms with Crippen molar-refractivity contribution in [3.8, 4) is 33.4 Å². The molecule has 2 nitrogen and oxygen atoms in total. The highest BCUT2D eigenvalue weighted by Gasteiger charge is 2.35. The van der Waals surface area contributed by atoms with Gasteiger partial charge in [-0.1, -0.05) is 147 Å². The average molecular weight is 763 g/mol. The zero-order valence-corrected chi connectivity index (χ0v) is 34.9. The maximum atomic E-state index is 2.41. The van der Waals surface area contributed by atoms with Crippen molar-refractivity contribution in [2.24, 2.45) is 0 Å². The molecule has 59 heavy (non-hydrogen) atoms. The van der Waals surface area contributed by atoms with Crippen LogP contribution in [0.15, 0.2) is 200 Å². The summed E-state index contributed by atoms with van der Waals surface area (Å²) in [6, 6.07) is 60.2. The highest BCUT2D eigenvalue weighted by Crippen LogP contribution is 2.49. The molecule has 0 amide bonds. The first kappa shape index (κ1) is 37.7. The predicted molar refractivity (Wildman–Crippen MR) is 256 cm³/mol. The molecule has 0 atom stereocenters. The average Bonchev–Trinajstić information content (AvgIpc) is 3.70. The molecule has 0 radical (unpaired) electrons. The molecule has 0 fully saturated rings. The van der Waals surface area contributed by atoms with Crippen LogP contribution in [0.5, 0.6) is 0 Å². The second-order valence-electron chi connectivity index (χ2n) is 16.1. The van der Waals surface area contributed by atoms with Crippen LogP contribution in [-0.2, 0) is 5.41 Å². The number of hydrogen-bond donors (Lipinski definition) is 0. The minimum atomic E-state index is -0.0897. The van der Waals surface area contributed by atoms with Gasteiger partial charge in [-0.15, -0.1) is 0 Å². The predicted octanol–water partition coefficient (Wildman–Crippen LogP) is 16.3. The molecular weight excluding hydrogens is 713 g/mol. The van der Waals surface area contributed by atoms with Gasteiger partial charge in [-0.05, 0) is 144 Å². The fourth-order valence-corrected chi connectivity index (χ4v) is 9.21. The molecule has 2 heteroatoms. The van der Waals surface area contributed by atoms with Gasteiger partial charge in [0.05, 0.1) is 11.0 Å². The molecule has 0 bridgehead atoms. The monoisotopic (exact) mass is 762 g/mol. The molecule has 9 rings (SSSR count). The highest BCUT2D eigenvalue weighted by molar-refractivity contribution is 6.11. The van der Waals surface area contributed by atoms with Gasteiger partial charge in [0.1, 0.15) is 0 Å². The van der Waals surface area contributed by atoms with E-state index in [2.05, 4.69) is 245 Å². The summed E-state index contributed by atoms with van der Waals surface area (Å²) in [7, 11) is 0. The Morgan fingerprint density at radius 1 is 0.508 bits per heavy atom. The van der Waals surface area contributed by atoms with E-state index >= 15 is 0 Å². The smallest absolute Gasteiger partial charge is 0.0541 e. The van der Waals surface area contributed by atoms with Crippen molar-refractivity contribution in [2.75, 3.05) is 4.90 Å². The number of anilines is 3. The quantitative estimate of drug-likeness (QED) is 0.133. The van der Waals surface area contributed by atoms with E-state index in [9.17, 15) is 0 Å². The van der Waals surface area contributed by atoms with Crippen LogP contribution in [0.25, 0.3) is 66.5 Å². The molecule has 1 aliphatic carbocycles. The molecular formula is C57H50N2. The lowest BCUT2D eigenvalue weighted by Crippen LogP contribution is -2.17. The Kier molecular flexibility index (Phi) is 9.87. The second kappa shape index (κ2) is 15.5. The number of rotatable bonds is 9. The summed E-state index contributed by atoms with van der Waals surface area (Å²) < 4.78 is 2.37. The fourth-order valence-electron chi connectivity index (χ4n) is 9.21. The minimum absolute atomic E-state index is 0.0897. The number of aromatic nitrogens is 1. The Morgan fingerprint density at radius 3 is 1.64 bits per heavy atom.